The summed E-state index contributed by atoms with van der Waals surface area (Å²) >= 11 is 1.40. The molecule has 0 unspecified atom stereocenters. The van der Waals surface area contributed by atoms with Gasteiger partial charge in [0.15, 0.2) is 0 Å². The Hall–Kier alpha value is 1.11. The van der Waals surface area contributed by atoms with Crippen molar-refractivity contribution in [1.29, 1.82) is 0 Å². The van der Waals surface area contributed by atoms with Gasteiger partial charge in [-0.3, -0.25) is 0 Å². The Balaban J connectivity index is -0.0000000800. The zero-order valence-corrected chi connectivity index (χ0v) is 8.57. The maximum atomic E-state index is 2.23. The van der Waals surface area contributed by atoms with E-state index in [4.69, 9.17) is 0 Å². The molecule has 0 bridgehead atoms. The molecule has 0 radical (unpaired) electrons. The van der Waals surface area contributed by atoms with Gasteiger partial charge in [0.1, 0.15) is 0 Å². The molecule has 0 amide bonds. The fraction of sp³-hybridized carbons (Fsp3) is 1.00. The molecule has 0 aliphatic rings. The van der Waals surface area contributed by atoms with Crippen LogP contribution in [0.5, 0.6) is 0 Å². The van der Waals surface area contributed by atoms with E-state index in [0.717, 1.165) is 0 Å². The van der Waals surface area contributed by atoms with Crippen molar-refractivity contribution < 1.29 is 0 Å². The van der Waals surface area contributed by atoms with Crippen molar-refractivity contribution >= 4 is 41.1 Å². The molecule has 0 spiro atoms. The van der Waals surface area contributed by atoms with Gasteiger partial charge in [-0.05, 0) is 0 Å². The van der Waals surface area contributed by atoms with Gasteiger partial charge < -0.3 is 0 Å². The summed E-state index contributed by atoms with van der Waals surface area (Å²) in [6, 6.07) is 0. The fourth-order valence-corrected chi connectivity index (χ4v) is 1.06. The van der Waals surface area contributed by atoms with E-state index in [0.29, 0.717) is 0 Å². The summed E-state index contributed by atoms with van der Waals surface area (Å²) in [6.45, 7) is 2.23. The topological polar surface area (TPSA) is 0 Å². The minimum Gasteiger partial charge on any atom is -0.147 e. The standard InChI is InChI=1S/C4H9.Al.2ClH.2H/c1-3-4-2;;;;;/h1,3-4H2,2H3;;2*1H;;. The van der Waals surface area contributed by atoms with Gasteiger partial charge in [0.2, 0.25) is 16.3 Å². The molecule has 0 aliphatic carbocycles. The van der Waals surface area contributed by atoms with Crippen LogP contribution in [-0.2, 0) is 0 Å². The van der Waals surface area contributed by atoms with Crippen molar-refractivity contribution in [3.63, 3.8) is 0 Å². The summed E-state index contributed by atoms with van der Waals surface area (Å²) in [7, 11) is 0. The lowest BCUT2D eigenvalue weighted by molar-refractivity contribution is 0.884. The molecular weight excluding hydrogens is 146 g/mol. The van der Waals surface area contributed by atoms with E-state index in [1.807, 2.05) is 0 Å². The molecule has 0 saturated carbocycles. The van der Waals surface area contributed by atoms with Crippen LogP contribution in [0.4, 0.5) is 0 Å². The Bertz CT molecular complexity index is 17.2. The van der Waals surface area contributed by atoms with E-state index in [2.05, 4.69) is 6.92 Å². The van der Waals surface area contributed by atoms with Crippen LogP contribution in [0.15, 0.2) is 0 Å². The normalized spacial score (nSPS) is 5.86. The quantitative estimate of drug-likeness (QED) is 0.537. The lowest BCUT2D eigenvalue weighted by Crippen LogP contribution is -1.63. The van der Waals surface area contributed by atoms with Crippen molar-refractivity contribution in [2.24, 2.45) is 0 Å². The highest BCUT2D eigenvalue weighted by Crippen LogP contribution is 1.86. The Kier molecular flexibility index (Phi) is 35.2. The highest BCUT2D eigenvalue weighted by molar-refractivity contribution is 6.08. The number of unbranched alkanes of at least 4 members (excludes halogenated alkanes) is 1. The molecule has 0 heterocycles. The van der Waals surface area contributed by atoms with Gasteiger partial charge in [0.05, 0.1) is 0 Å². The molecule has 0 N–H and O–H groups in total. The summed E-state index contributed by atoms with van der Waals surface area (Å²) in [5, 5.41) is 1.48. The zero-order valence-electron chi connectivity index (χ0n) is 4.94. The lowest BCUT2D eigenvalue weighted by atomic mass is 10.4. The van der Waals surface area contributed by atoms with Gasteiger partial charge in [0.25, 0.3) is 0 Å². The van der Waals surface area contributed by atoms with Crippen LogP contribution in [0.2, 0.25) is 5.28 Å². The third-order valence-electron chi connectivity index (χ3n) is 0.707. The van der Waals surface area contributed by atoms with E-state index >= 15 is 0 Å². The number of halogens is 2. The van der Waals surface area contributed by atoms with Crippen molar-refractivity contribution in [2.75, 3.05) is 0 Å². The zero-order chi connectivity index (χ0) is 4.12. The molecule has 0 fully saturated rings. The fourth-order valence-electron chi connectivity index (χ4n) is 0.354. The SMILES string of the molecule is CCC[CH2][AlH2].Cl.Cl. The number of hydrogen-bond donors (Lipinski definition) is 0. The maximum absolute atomic E-state index is 2.23. The first kappa shape index (κ1) is 15.7. The minimum absolute atomic E-state index is 0. The summed E-state index contributed by atoms with van der Waals surface area (Å²) < 4.78 is 0. The average Bonchev–Trinajstić information content (AvgIpc) is 1.41. The molecule has 0 rings (SSSR count). The Morgan fingerprint density at radius 2 is 1.71 bits per heavy atom. The highest BCUT2D eigenvalue weighted by atomic mass is 35.5. The number of hydrogen-bond acceptors (Lipinski definition) is 0. The second-order valence-electron chi connectivity index (χ2n) is 1.35. The van der Waals surface area contributed by atoms with Gasteiger partial charge in [-0.2, -0.15) is 0 Å². The monoisotopic (exact) mass is 158 g/mol. The molecular formula is C4H13AlCl2. The molecule has 0 atom stereocenters. The van der Waals surface area contributed by atoms with E-state index < -0.39 is 0 Å². The van der Waals surface area contributed by atoms with Crippen LogP contribution in [0.25, 0.3) is 0 Å². The molecule has 0 aliphatic heterocycles. The Morgan fingerprint density at radius 3 is 1.71 bits per heavy atom. The second kappa shape index (κ2) is 15.7. The smallest absolute Gasteiger partial charge is 0.147 e. The third-order valence-corrected chi connectivity index (χ3v) is 1.41. The Morgan fingerprint density at radius 1 is 1.29 bits per heavy atom. The second-order valence-corrected chi connectivity index (χ2v) is 2.35. The van der Waals surface area contributed by atoms with Gasteiger partial charge in [0, 0.05) is 0 Å². The average molecular weight is 159 g/mol. The Labute approximate surface area is 66.3 Å². The minimum atomic E-state index is 0. The van der Waals surface area contributed by atoms with Crippen LogP contribution in [0.3, 0.4) is 0 Å². The lowest BCUT2D eigenvalue weighted by Gasteiger charge is -1.78. The highest BCUT2D eigenvalue weighted by Gasteiger charge is 1.69. The first-order chi connectivity index (χ1) is 2.41. The summed E-state index contributed by atoms with van der Waals surface area (Å²) in [5.74, 6) is 0. The summed E-state index contributed by atoms with van der Waals surface area (Å²) in [5.41, 5.74) is 0. The molecule has 0 aromatic rings. The number of rotatable bonds is 2. The first-order valence-electron chi connectivity index (χ1n) is 2.41. The van der Waals surface area contributed by atoms with Crippen molar-refractivity contribution in [2.45, 2.75) is 25.0 Å². The van der Waals surface area contributed by atoms with E-state index in [1.165, 1.54) is 34.4 Å². The third kappa shape index (κ3) is 19.2. The molecule has 0 aromatic carbocycles. The predicted octanol–water partition coefficient (Wildman–Crippen LogP) is 1.68. The van der Waals surface area contributed by atoms with Gasteiger partial charge in [-0.1, -0.05) is 19.8 Å². The largest absolute Gasteiger partial charge is 0.211 e. The van der Waals surface area contributed by atoms with Crippen LogP contribution < -0.4 is 0 Å². The maximum Gasteiger partial charge on any atom is 0.211 e. The van der Waals surface area contributed by atoms with Crippen LogP contribution in [-0.4, -0.2) is 16.3 Å². The van der Waals surface area contributed by atoms with Crippen molar-refractivity contribution in [1.82, 2.24) is 0 Å². The van der Waals surface area contributed by atoms with Crippen molar-refractivity contribution in [3.8, 4) is 0 Å². The van der Waals surface area contributed by atoms with E-state index in [1.54, 1.807) is 0 Å². The summed E-state index contributed by atoms with van der Waals surface area (Å²) in [6.07, 6.45) is 2.83. The van der Waals surface area contributed by atoms with Crippen LogP contribution >= 0.6 is 24.8 Å². The summed E-state index contributed by atoms with van der Waals surface area (Å²) in [4.78, 5) is 0. The first-order valence-corrected chi connectivity index (χ1v) is 3.83. The van der Waals surface area contributed by atoms with Crippen molar-refractivity contribution in [3.05, 3.63) is 0 Å². The predicted molar refractivity (Wildman–Crippen MR) is 42.8 cm³/mol. The molecule has 0 saturated heterocycles. The molecule has 46 valence electrons. The molecule has 0 aromatic heterocycles. The van der Waals surface area contributed by atoms with Crippen LogP contribution in [0, 0.1) is 0 Å². The van der Waals surface area contributed by atoms with Gasteiger partial charge in [-0.15, -0.1) is 30.1 Å². The van der Waals surface area contributed by atoms with Crippen LogP contribution in [0.1, 0.15) is 19.8 Å². The molecule has 0 nitrogen and oxygen atoms in total. The molecule has 3 heteroatoms. The van der Waals surface area contributed by atoms with Gasteiger partial charge in [-0.25, -0.2) is 0 Å². The van der Waals surface area contributed by atoms with E-state index in [-0.39, 0.29) is 24.8 Å². The van der Waals surface area contributed by atoms with Gasteiger partial charge >= 0.3 is 0 Å². The molecule has 7 heavy (non-hydrogen) atoms. The van der Waals surface area contributed by atoms with E-state index in [9.17, 15) is 0 Å².